The van der Waals surface area contributed by atoms with E-state index in [1.807, 2.05) is 4.68 Å². The summed E-state index contributed by atoms with van der Waals surface area (Å²) >= 11 is 0. The monoisotopic (exact) mass is 387 g/mol. The molecule has 7 nitrogen and oxygen atoms in total. The smallest absolute Gasteiger partial charge is 0.315 e. The van der Waals surface area contributed by atoms with Gasteiger partial charge < -0.3 is 16.0 Å². The summed E-state index contributed by atoms with van der Waals surface area (Å²) in [5, 5.41) is 13.3. The minimum absolute atomic E-state index is 0.00385. The van der Waals surface area contributed by atoms with Crippen molar-refractivity contribution in [1.29, 1.82) is 0 Å². The molecule has 1 atom stereocenters. The molecule has 0 radical (unpaired) electrons. The highest BCUT2D eigenvalue weighted by Crippen LogP contribution is 2.55. The summed E-state index contributed by atoms with van der Waals surface area (Å²) in [6.07, 6.45) is 10.4. The molecule has 1 aromatic rings. The van der Waals surface area contributed by atoms with E-state index in [1.165, 1.54) is 19.3 Å². The first-order chi connectivity index (χ1) is 13.5. The first-order valence-electron chi connectivity index (χ1n) is 10.9. The SMILES string of the molecule is CCC(C)n1nccc1NC(=O)CCNC(=O)NC12CC3CC(CC(C3)C1)C2. The lowest BCUT2D eigenvalue weighted by atomic mass is 9.53. The van der Waals surface area contributed by atoms with Gasteiger partial charge in [0.1, 0.15) is 5.82 Å². The maximum absolute atomic E-state index is 12.4. The molecular weight excluding hydrogens is 354 g/mol. The Labute approximate surface area is 167 Å². The molecule has 1 heterocycles. The van der Waals surface area contributed by atoms with E-state index in [2.05, 4.69) is 34.9 Å². The largest absolute Gasteiger partial charge is 0.338 e. The van der Waals surface area contributed by atoms with Crippen LogP contribution < -0.4 is 16.0 Å². The number of nitrogens with one attached hydrogen (secondary N) is 3. The average molecular weight is 388 g/mol. The summed E-state index contributed by atoms with van der Waals surface area (Å²) in [5.74, 6) is 2.99. The third kappa shape index (κ3) is 4.03. The summed E-state index contributed by atoms with van der Waals surface area (Å²) in [7, 11) is 0. The molecule has 0 spiro atoms. The van der Waals surface area contributed by atoms with Gasteiger partial charge in [0.25, 0.3) is 0 Å². The van der Waals surface area contributed by atoms with E-state index in [-0.39, 0.29) is 29.9 Å². The van der Waals surface area contributed by atoms with Crippen LogP contribution in [-0.4, -0.2) is 33.8 Å². The minimum Gasteiger partial charge on any atom is -0.338 e. The molecule has 4 bridgehead atoms. The predicted octanol–water partition coefficient (Wildman–Crippen LogP) is 3.45. The van der Waals surface area contributed by atoms with Crippen LogP contribution in [0.1, 0.15) is 71.3 Å². The predicted molar refractivity (Wildman–Crippen MR) is 108 cm³/mol. The molecular formula is C21H33N5O2. The Bertz CT molecular complexity index is 693. The van der Waals surface area contributed by atoms with Crippen molar-refractivity contribution in [2.24, 2.45) is 17.8 Å². The van der Waals surface area contributed by atoms with E-state index >= 15 is 0 Å². The van der Waals surface area contributed by atoms with Crippen molar-refractivity contribution in [3.8, 4) is 0 Å². The number of urea groups is 1. The lowest BCUT2D eigenvalue weighted by Crippen LogP contribution is -2.61. The van der Waals surface area contributed by atoms with Crippen LogP contribution in [0.2, 0.25) is 0 Å². The van der Waals surface area contributed by atoms with Crippen LogP contribution in [0.25, 0.3) is 0 Å². The van der Waals surface area contributed by atoms with Gasteiger partial charge in [0.05, 0.1) is 12.2 Å². The van der Waals surface area contributed by atoms with Gasteiger partial charge in [-0.2, -0.15) is 5.10 Å². The standard InChI is InChI=1S/C21H33N5O2/c1-3-14(2)26-18(4-7-23-26)24-19(27)5-6-22-20(28)25-21-11-15-8-16(12-21)10-17(9-15)13-21/h4,7,14-17H,3,5-6,8-13H2,1-2H3,(H,24,27)(H2,22,25,28). The van der Waals surface area contributed by atoms with Gasteiger partial charge in [-0.25, -0.2) is 9.48 Å². The minimum atomic E-state index is -0.126. The number of hydrogen-bond acceptors (Lipinski definition) is 3. The van der Waals surface area contributed by atoms with E-state index in [0.717, 1.165) is 43.4 Å². The molecule has 4 fully saturated rings. The van der Waals surface area contributed by atoms with Gasteiger partial charge in [0.15, 0.2) is 0 Å². The summed E-state index contributed by atoms with van der Waals surface area (Å²) in [5.41, 5.74) is 0.00385. The van der Waals surface area contributed by atoms with Crippen molar-refractivity contribution in [3.05, 3.63) is 12.3 Å². The van der Waals surface area contributed by atoms with Crippen LogP contribution >= 0.6 is 0 Å². The Morgan fingerprint density at radius 3 is 2.46 bits per heavy atom. The molecule has 3 amide bonds. The van der Waals surface area contributed by atoms with E-state index in [4.69, 9.17) is 0 Å². The third-order valence-corrected chi connectivity index (χ3v) is 7.00. The second-order valence-electron chi connectivity index (χ2n) is 9.30. The zero-order valence-corrected chi connectivity index (χ0v) is 17.0. The Morgan fingerprint density at radius 1 is 1.21 bits per heavy atom. The Morgan fingerprint density at radius 2 is 1.86 bits per heavy atom. The lowest BCUT2D eigenvalue weighted by molar-refractivity contribution is -0.116. The topological polar surface area (TPSA) is 88.1 Å². The number of carbonyl (C=O) groups excluding carboxylic acids is 2. The Kier molecular flexibility index (Phi) is 5.34. The molecule has 0 aromatic carbocycles. The molecule has 5 rings (SSSR count). The van der Waals surface area contributed by atoms with Crippen LogP contribution in [0.5, 0.6) is 0 Å². The van der Waals surface area contributed by atoms with Gasteiger partial charge in [0, 0.05) is 24.6 Å². The normalized spacial score (nSPS) is 31.4. The lowest BCUT2D eigenvalue weighted by Gasteiger charge is -2.56. The Balaban J connectivity index is 1.22. The molecule has 0 saturated heterocycles. The first-order valence-corrected chi connectivity index (χ1v) is 10.9. The molecule has 28 heavy (non-hydrogen) atoms. The third-order valence-electron chi connectivity index (χ3n) is 7.00. The number of carbonyl (C=O) groups is 2. The van der Waals surface area contributed by atoms with Crippen LogP contribution in [0, 0.1) is 17.8 Å². The van der Waals surface area contributed by atoms with E-state index in [9.17, 15) is 9.59 Å². The summed E-state index contributed by atoms with van der Waals surface area (Å²) < 4.78 is 1.82. The van der Waals surface area contributed by atoms with Crippen molar-refractivity contribution in [3.63, 3.8) is 0 Å². The maximum Gasteiger partial charge on any atom is 0.315 e. The molecule has 0 aliphatic heterocycles. The second-order valence-corrected chi connectivity index (χ2v) is 9.30. The van der Waals surface area contributed by atoms with Crippen LogP contribution in [0.3, 0.4) is 0 Å². The van der Waals surface area contributed by atoms with E-state index in [0.29, 0.717) is 12.4 Å². The molecule has 154 valence electrons. The van der Waals surface area contributed by atoms with E-state index in [1.54, 1.807) is 12.3 Å². The number of hydrogen-bond donors (Lipinski definition) is 3. The van der Waals surface area contributed by atoms with Gasteiger partial charge >= 0.3 is 6.03 Å². The fourth-order valence-electron chi connectivity index (χ4n) is 5.98. The molecule has 4 saturated carbocycles. The Hall–Kier alpha value is -2.05. The zero-order valence-electron chi connectivity index (χ0n) is 17.0. The highest BCUT2D eigenvalue weighted by atomic mass is 16.2. The van der Waals surface area contributed by atoms with Gasteiger partial charge in [-0.1, -0.05) is 6.92 Å². The number of anilines is 1. The quantitative estimate of drug-likeness (QED) is 0.669. The number of amides is 3. The highest BCUT2D eigenvalue weighted by molar-refractivity contribution is 5.90. The van der Waals surface area contributed by atoms with Crippen molar-refractivity contribution in [2.75, 3.05) is 11.9 Å². The number of rotatable bonds is 7. The second kappa shape index (κ2) is 7.76. The van der Waals surface area contributed by atoms with Gasteiger partial charge in [-0.3, -0.25) is 4.79 Å². The first kappa shape index (κ1) is 19.3. The van der Waals surface area contributed by atoms with Crippen LogP contribution in [0.4, 0.5) is 10.6 Å². The summed E-state index contributed by atoms with van der Waals surface area (Å²) in [6, 6.07) is 1.91. The van der Waals surface area contributed by atoms with Crippen molar-refractivity contribution < 1.29 is 9.59 Å². The molecule has 3 N–H and O–H groups in total. The van der Waals surface area contributed by atoms with Gasteiger partial charge in [0.2, 0.25) is 5.91 Å². The van der Waals surface area contributed by atoms with Crippen molar-refractivity contribution in [2.45, 2.75) is 76.8 Å². The fourth-order valence-corrected chi connectivity index (χ4v) is 5.98. The highest BCUT2D eigenvalue weighted by Gasteiger charge is 2.51. The summed E-state index contributed by atoms with van der Waals surface area (Å²) in [4.78, 5) is 24.7. The fraction of sp³-hybridized carbons (Fsp3) is 0.762. The van der Waals surface area contributed by atoms with Gasteiger partial charge in [-0.15, -0.1) is 0 Å². The molecule has 7 heteroatoms. The van der Waals surface area contributed by atoms with Crippen LogP contribution in [-0.2, 0) is 4.79 Å². The molecule has 1 unspecified atom stereocenters. The number of aromatic nitrogens is 2. The molecule has 1 aromatic heterocycles. The van der Waals surface area contributed by atoms with Gasteiger partial charge in [-0.05, 0) is 69.6 Å². The number of nitrogens with zero attached hydrogens (tertiary/aromatic N) is 2. The average Bonchev–Trinajstić information content (AvgIpc) is 3.07. The van der Waals surface area contributed by atoms with Crippen molar-refractivity contribution in [1.82, 2.24) is 20.4 Å². The summed E-state index contributed by atoms with van der Waals surface area (Å²) in [6.45, 7) is 4.49. The zero-order chi connectivity index (χ0) is 19.7. The maximum atomic E-state index is 12.4. The molecule has 4 aliphatic carbocycles. The molecule has 4 aliphatic rings. The van der Waals surface area contributed by atoms with Crippen LogP contribution in [0.15, 0.2) is 12.3 Å². The van der Waals surface area contributed by atoms with E-state index < -0.39 is 0 Å². The van der Waals surface area contributed by atoms with Crippen molar-refractivity contribution >= 4 is 17.8 Å².